The van der Waals surface area contributed by atoms with E-state index >= 15 is 0 Å². The number of hydrogen-bond acceptors (Lipinski definition) is 6. The van der Waals surface area contributed by atoms with Crippen LogP contribution in [0, 0.1) is 0 Å². The minimum atomic E-state index is 0.0464. The number of likely N-dealkylation sites (N-methyl/N-ethyl adjacent to an activating group) is 1. The normalized spacial score (nSPS) is 15.7. The average Bonchev–Trinajstić information content (AvgIpc) is 3.16. The summed E-state index contributed by atoms with van der Waals surface area (Å²) in [4.78, 5) is 18.8. The molecule has 0 unspecified atom stereocenters. The molecule has 3 heterocycles. The molecule has 0 amide bonds. The van der Waals surface area contributed by atoms with Gasteiger partial charge >= 0.3 is 0 Å². The highest BCUT2D eigenvalue weighted by molar-refractivity contribution is 7.19. The van der Waals surface area contributed by atoms with E-state index in [-0.39, 0.29) is 5.56 Å². The molecule has 0 N–H and O–H groups in total. The number of fused-ring (bicyclic) bond motifs is 1. The first-order valence-corrected chi connectivity index (χ1v) is 10.6. The smallest absolute Gasteiger partial charge is 0.259 e. The Hall–Kier alpha value is -2.35. The number of ether oxygens (including phenoxy) is 2. The molecule has 6 nitrogen and oxygen atoms in total. The van der Waals surface area contributed by atoms with Crippen molar-refractivity contribution in [3.63, 3.8) is 0 Å². The number of piperazine rings is 1. The van der Waals surface area contributed by atoms with Crippen molar-refractivity contribution < 1.29 is 9.47 Å². The van der Waals surface area contributed by atoms with Crippen molar-refractivity contribution >= 4 is 21.4 Å². The number of thiophene rings is 1. The van der Waals surface area contributed by atoms with Crippen LogP contribution in [0.3, 0.4) is 0 Å². The Morgan fingerprint density at radius 3 is 2.41 bits per heavy atom. The summed E-state index contributed by atoms with van der Waals surface area (Å²) in [5, 5.41) is 0.786. The zero-order valence-corrected chi connectivity index (χ0v) is 18.2. The van der Waals surface area contributed by atoms with Crippen LogP contribution in [-0.4, -0.2) is 61.8 Å². The van der Waals surface area contributed by atoms with E-state index in [1.165, 1.54) is 4.88 Å². The van der Waals surface area contributed by atoms with Gasteiger partial charge in [0.1, 0.15) is 0 Å². The van der Waals surface area contributed by atoms with E-state index in [1.54, 1.807) is 30.1 Å². The van der Waals surface area contributed by atoms with Gasteiger partial charge in [0.15, 0.2) is 11.5 Å². The molecule has 0 radical (unpaired) electrons. The van der Waals surface area contributed by atoms with Crippen LogP contribution in [0.1, 0.15) is 4.88 Å². The lowest BCUT2D eigenvalue weighted by atomic mass is 10.1. The second kappa shape index (κ2) is 8.18. The highest BCUT2D eigenvalue weighted by atomic mass is 32.1. The molecule has 1 fully saturated rings. The summed E-state index contributed by atoms with van der Waals surface area (Å²) in [6.07, 6.45) is 1.92. The maximum atomic E-state index is 12.8. The van der Waals surface area contributed by atoms with Crippen LogP contribution in [0.5, 0.6) is 11.5 Å². The van der Waals surface area contributed by atoms with Crippen molar-refractivity contribution in [3.8, 4) is 22.6 Å². The standard InChI is InChI=1S/C22H27N3O3S/c1-23-7-9-25(10-8-23)13-16-12-17-21(29-16)18(14-24(2)22(17)26)15-5-6-19(27-3)20(11-15)28-4/h5-6,11-12,14H,7-10,13H2,1-4H3. The molecule has 0 bridgehead atoms. The fraction of sp³-hybridized carbons (Fsp3) is 0.409. The van der Waals surface area contributed by atoms with Crippen LogP contribution >= 0.6 is 11.3 Å². The maximum absolute atomic E-state index is 12.8. The van der Waals surface area contributed by atoms with Crippen molar-refractivity contribution in [2.45, 2.75) is 6.54 Å². The van der Waals surface area contributed by atoms with Gasteiger partial charge in [-0.3, -0.25) is 9.69 Å². The zero-order chi connectivity index (χ0) is 20.5. The maximum Gasteiger partial charge on any atom is 0.259 e. The fourth-order valence-electron chi connectivity index (χ4n) is 3.82. The number of methoxy groups -OCH3 is 2. The monoisotopic (exact) mass is 413 g/mol. The van der Waals surface area contributed by atoms with E-state index in [2.05, 4.69) is 22.9 Å². The van der Waals surface area contributed by atoms with Crippen molar-refractivity contribution in [1.82, 2.24) is 14.4 Å². The number of aromatic nitrogens is 1. The predicted molar refractivity (Wildman–Crippen MR) is 118 cm³/mol. The van der Waals surface area contributed by atoms with E-state index < -0.39 is 0 Å². The number of rotatable bonds is 5. The van der Waals surface area contributed by atoms with Crippen LogP contribution in [0.25, 0.3) is 21.2 Å². The summed E-state index contributed by atoms with van der Waals surface area (Å²) in [6, 6.07) is 7.97. The zero-order valence-electron chi connectivity index (χ0n) is 17.4. The number of pyridine rings is 1. The SMILES string of the molecule is COc1ccc(-c2cn(C)c(=O)c3cc(CN4CCN(C)CC4)sc23)cc1OC. The number of hydrogen-bond donors (Lipinski definition) is 0. The molecule has 0 spiro atoms. The van der Waals surface area contributed by atoms with Gasteiger partial charge in [0.2, 0.25) is 0 Å². The summed E-state index contributed by atoms with van der Waals surface area (Å²) < 4.78 is 13.5. The van der Waals surface area contributed by atoms with E-state index in [4.69, 9.17) is 9.47 Å². The molecule has 1 aliphatic rings. The van der Waals surface area contributed by atoms with Gasteiger partial charge in [-0.15, -0.1) is 11.3 Å². The predicted octanol–water partition coefficient (Wildman–Crippen LogP) is 3.03. The van der Waals surface area contributed by atoms with Gasteiger partial charge in [-0.2, -0.15) is 0 Å². The first-order chi connectivity index (χ1) is 14.0. The Kier molecular flexibility index (Phi) is 5.63. The molecule has 3 aromatic rings. The number of nitrogens with zero attached hydrogens (tertiary/aromatic N) is 3. The van der Waals surface area contributed by atoms with Gasteiger partial charge in [-0.25, -0.2) is 0 Å². The molecule has 2 aromatic heterocycles. The minimum absolute atomic E-state index is 0.0464. The summed E-state index contributed by atoms with van der Waals surface area (Å²) in [7, 11) is 7.24. The molecule has 0 aliphatic carbocycles. The van der Waals surface area contributed by atoms with Crippen molar-refractivity contribution in [2.24, 2.45) is 7.05 Å². The Labute approximate surface area is 174 Å². The fourth-order valence-corrected chi connectivity index (χ4v) is 5.04. The van der Waals surface area contributed by atoms with Gasteiger partial charge in [0, 0.05) is 61.1 Å². The first-order valence-electron chi connectivity index (χ1n) is 9.75. The molecule has 1 aliphatic heterocycles. The van der Waals surface area contributed by atoms with Crippen LogP contribution in [0.15, 0.2) is 35.3 Å². The second-order valence-electron chi connectivity index (χ2n) is 7.56. The van der Waals surface area contributed by atoms with E-state index in [9.17, 15) is 4.79 Å². The molecule has 7 heteroatoms. The molecule has 0 saturated carbocycles. The van der Waals surface area contributed by atoms with E-state index in [0.29, 0.717) is 11.5 Å². The lowest BCUT2D eigenvalue weighted by Crippen LogP contribution is -2.43. The van der Waals surface area contributed by atoms with E-state index in [1.807, 2.05) is 31.4 Å². The van der Waals surface area contributed by atoms with Gasteiger partial charge < -0.3 is 18.9 Å². The molecule has 0 atom stereocenters. The minimum Gasteiger partial charge on any atom is -0.493 e. The highest BCUT2D eigenvalue weighted by Crippen LogP contribution is 2.37. The topological polar surface area (TPSA) is 46.9 Å². The highest BCUT2D eigenvalue weighted by Gasteiger charge is 2.18. The van der Waals surface area contributed by atoms with E-state index in [0.717, 1.165) is 53.9 Å². The summed E-state index contributed by atoms with van der Waals surface area (Å²) in [5.41, 5.74) is 2.10. The van der Waals surface area contributed by atoms with Crippen molar-refractivity contribution in [3.05, 3.63) is 45.7 Å². The molecule has 4 rings (SSSR count). The lowest BCUT2D eigenvalue weighted by Gasteiger charge is -2.31. The third-order valence-electron chi connectivity index (χ3n) is 5.57. The van der Waals surface area contributed by atoms with Gasteiger partial charge in [0.25, 0.3) is 5.56 Å². The lowest BCUT2D eigenvalue weighted by molar-refractivity contribution is 0.149. The van der Waals surface area contributed by atoms with Gasteiger partial charge in [0.05, 0.1) is 19.6 Å². The van der Waals surface area contributed by atoms with Gasteiger partial charge in [-0.05, 0) is 30.8 Å². The molecule has 29 heavy (non-hydrogen) atoms. The Bertz CT molecular complexity index is 1080. The molecular weight excluding hydrogens is 386 g/mol. The van der Waals surface area contributed by atoms with Crippen LogP contribution in [-0.2, 0) is 13.6 Å². The summed E-state index contributed by atoms with van der Waals surface area (Å²) in [5.74, 6) is 1.38. The first kappa shape index (κ1) is 19.9. The summed E-state index contributed by atoms with van der Waals surface area (Å²) >= 11 is 1.72. The molecule has 1 saturated heterocycles. The second-order valence-corrected chi connectivity index (χ2v) is 8.70. The summed E-state index contributed by atoms with van der Waals surface area (Å²) in [6.45, 7) is 5.19. The number of aryl methyl sites for hydroxylation is 1. The number of benzene rings is 1. The third-order valence-corrected chi connectivity index (χ3v) is 6.72. The Morgan fingerprint density at radius 2 is 1.72 bits per heavy atom. The Morgan fingerprint density at radius 1 is 1.00 bits per heavy atom. The van der Waals surface area contributed by atoms with Crippen LogP contribution in [0.2, 0.25) is 0 Å². The average molecular weight is 414 g/mol. The molecular formula is C22H27N3O3S. The van der Waals surface area contributed by atoms with Crippen LogP contribution < -0.4 is 15.0 Å². The molecule has 154 valence electrons. The largest absolute Gasteiger partial charge is 0.493 e. The van der Waals surface area contributed by atoms with Gasteiger partial charge in [-0.1, -0.05) is 6.07 Å². The molecule has 1 aromatic carbocycles. The van der Waals surface area contributed by atoms with Crippen molar-refractivity contribution in [2.75, 3.05) is 47.4 Å². The van der Waals surface area contributed by atoms with Crippen LogP contribution in [0.4, 0.5) is 0 Å². The third kappa shape index (κ3) is 3.90. The Balaban J connectivity index is 1.76. The van der Waals surface area contributed by atoms with Crippen molar-refractivity contribution in [1.29, 1.82) is 0 Å². The quantitative estimate of drug-likeness (QED) is 0.644.